The van der Waals surface area contributed by atoms with Crippen LogP contribution in [0.1, 0.15) is 12.8 Å². The van der Waals surface area contributed by atoms with Gasteiger partial charge in [0.05, 0.1) is 5.25 Å². The number of hydrogen-bond donors (Lipinski definition) is 0. The fraction of sp³-hybridized carbons (Fsp3) is 0.545. The molecule has 0 bridgehead atoms. The van der Waals surface area contributed by atoms with E-state index in [4.69, 9.17) is 0 Å². The number of pyridine rings is 1. The quantitative estimate of drug-likeness (QED) is 0.835. The largest absolute Gasteiger partial charge is 0.357 e. The molecule has 0 aromatic carbocycles. The molecule has 4 nitrogen and oxygen atoms in total. The first kappa shape index (κ1) is 12.8. The van der Waals surface area contributed by atoms with Crippen molar-refractivity contribution in [1.82, 2.24) is 4.98 Å². The van der Waals surface area contributed by atoms with Crippen LogP contribution in [0.4, 0.5) is 5.82 Å². The van der Waals surface area contributed by atoms with Crippen LogP contribution in [0.25, 0.3) is 0 Å². The van der Waals surface area contributed by atoms with E-state index in [1.807, 2.05) is 12.1 Å². The molecule has 0 spiro atoms. The molecule has 2 heterocycles. The first-order valence-electron chi connectivity index (χ1n) is 5.52. The van der Waals surface area contributed by atoms with Gasteiger partial charge in [-0.1, -0.05) is 0 Å². The van der Waals surface area contributed by atoms with Crippen LogP contribution in [0.15, 0.2) is 22.8 Å². The van der Waals surface area contributed by atoms with Gasteiger partial charge in [0.1, 0.15) is 15.7 Å². The molecule has 1 fully saturated rings. The maximum Gasteiger partial charge on any atom is 0.150 e. The lowest BCUT2D eigenvalue weighted by Gasteiger charge is -2.31. The van der Waals surface area contributed by atoms with E-state index in [0.717, 1.165) is 23.4 Å². The number of piperidine rings is 1. The zero-order chi connectivity index (χ0) is 12.5. The van der Waals surface area contributed by atoms with Crippen LogP contribution in [0.3, 0.4) is 0 Å². The molecule has 0 N–H and O–H groups in total. The van der Waals surface area contributed by atoms with Crippen molar-refractivity contribution in [3.63, 3.8) is 0 Å². The standard InChI is InChI=1S/C11H15BrN2O2S/c1-17(15,16)10-4-6-14(7-5-10)11-3-2-9(12)8-13-11/h2-3,8,10H,4-7H2,1H3. The molecular formula is C11H15BrN2O2S. The molecule has 0 atom stereocenters. The monoisotopic (exact) mass is 318 g/mol. The van der Waals surface area contributed by atoms with E-state index in [1.165, 1.54) is 6.26 Å². The summed E-state index contributed by atoms with van der Waals surface area (Å²) < 4.78 is 23.8. The van der Waals surface area contributed by atoms with Crippen molar-refractivity contribution >= 4 is 31.6 Å². The third-order valence-corrected chi connectivity index (χ3v) is 5.23. The van der Waals surface area contributed by atoms with Gasteiger partial charge in [0.15, 0.2) is 0 Å². The van der Waals surface area contributed by atoms with Crippen molar-refractivity contribution in [2.75, 3.05) is 24.2 Å². The summed E-state index contributed by atoms with van der Waals surface area (Å²) in [7, 11) is -2.89. The molecule has 0 aliphatic carbocycles. The number of hydrogen-bond acceptors (Lipinski definition) is 4. The SMILES string of the molecule is CS(=O)(=O)C1CCN(c2ccc(Br)cn2)CC1. The number of nitrogens with zero attached hydrogens (tertiary/aromatic N) is 2. The number of anilines is 1. The van der Waals surface area contributed by atoms with Gasteiger partial charge in [-0.2, -0.15) is 0 Å². The first-order chi connectivity index (χ1) is 7.97. The van der Waals surface area contributed by atoms with Gasteiger partial charge in [-0.25, -0.2) is 13.4 Å². The van der Waals surface area contributed by atoms with E-state index in [0.29, 0.717) is 12.8 Å². The van der Waals surface area contributed by atoms with E-state index in [-0.39, 0.29) is 5.25 Å². The highest BCUT2D eigenvalue weighted by Crippen LogP contribution is 2.22. The van der Waals surface area contributed by atoms with Gasteiger partial charge in [-0.05, 0) is 40.9 Å². The summed E-state index contributed by atoms with van der Waals surface area (Å²) in [5.41, 5.74) is 0. The smallest absolute Gasteiger partial charge is 0.150 e. The zero-order valence-electron chi connectivity index (χ0n) is 9.63. The molecule has 0 radical (unpaired) electrons. The minimum absolute atomic E-state index is 0.186. The van der Waals surface area contributed by atoms with E-state index < -0.39 is 9.84 Å². The fourth-order valence-electron chi connectivity index (χ4n) is 2.07. The maximum absolute atomic E-state index is 11.4. The Morgan fingerprint density at radius 2 is 2.00 bits per heavy atom. The highest BCUT2D eigenvalue weighted by atomic mass is 79.9. The Morgan fingerprint density at radius 1 is 1.35 bits per heavy atom. The fourth-order valence-corrected chi connectivity index (χ4v) is 3.37. The van der Waals surface area contributed by atoms with Crippen molar-refractivity contribution in [3.05, 3.63) is 22.8 Å². The van der Waals surface area contributed by atoms with Crippen LogP contribution in [0, 0.1) is 0 Å². The molecule has 1 aromatic heterocycles. The average molecular weight is 319 g/mol. The van der Waals surface area contributed by atoms with E-state index in [1.54, 1.807) is 6.20 Å². The van der Waals surface area contributed by atoms with Gasteiger partial charge in [0.2, 0.25) is 0 Å². The molecule has 0 amide bonds. The van der Waals surface area contributed by atoms with Gasteiger partial charge < -0.3 is 4.90 Å². The Kier molecular flexibility index (Phi) is 3.73. The Balaban J connectivity index is 2.02. The first-order valence-corrected chi connectivity index (χ1v) is 8.27. The van der Waals surface area contributed by atoms with Crippen LogP contribution in [0.2, 0.25) is 0 Å². The van der Waals surface area contributed by atoms with E-state index in [9.17, 15) is 8.42 Å². The normalized spacial score (nSPS) is 18.4. The summed E-state index contributed by atoms with van der Waals surface area (Å²) in [4.78, 5) is 6.45. The van der Waals surface area contributed by atoms with Gasteiger partial charge in [-0.3, -0.25) is 0 Å². The third kappa shape index (κ3) is 3.19. The van der Waals surface area contributed by atoms with Crippen LogP contribution in [-0.4, -0.2) is 38.0 Å². The van der Waals surface area contributed by atoms with E-state index >= 15 is 0 Å². The van der Waals surface area contributed by atoms with E-state index in [2.05, 4.69) is 25.8 Å². The molecule has 1 aliphatic rings. The van der Waals surface area contributed by atoms with Gasteiger partial charge in [-0.15, -0.1) is 0 Å². The topological polar surface area (TPSA) is 50.3 Å². The molecular weight excluding hydrogens is 304 g/mol. The lowest BCUT2D eigenvalue weighted by atomic mass is 10.1. The van der Waals surface area contributed by atoms with Crippen LogP contribution in [-0.2, 0) is 9.84 Å². The Hall–Kier alpha value is -0.620. The molecule has 94 valence electrons. The number of rotatable bonds is 2. The lowest BCUT2D eigenvalue weighted by molar-refractivity contribution is 0.532. The predicted octanol–water partition coefficient (Wildman–Crippen LogP) is 1.86. The minimum Gasteiger partial charge on any atom is -0.357 e. The molecule has 0 saturated carbocycles. The van der Waals surface area contributed by atoms with Crippen molar-refractivity contribution in [3.8, 4) is 0 Å². The van der Waals surface area contributed by atoms with Crippen molar-refractivity contribution in [2.45, 2.75) is 18.1 Å². The number of halogens is 1. The number of aromatic nitrogens is 1. The molecule has 1 aliphatic heterocycles. The lowest BCUT2D eigenvalue weighted by Crippen LogP contribution is -2.39. The number of sulfone groups is 1. The zero-order valence-corrected chi connectivity index (χ0v) is 12.0. The van der Waals surface area contributed by atoms with Crippen LogP contribution in [0.5, 0.6) is 0 Å². The molecule has 1 saturated heterocycles. The summed E-state index contributed by atoms with van der Waals surface area (Å²) in [6.07, 6.45) is 4.47. The van der Waals surface area contributed by atoms with Crippen molar-refractivity contribution in [2.24, 2.45) is 0 Å². The summed E-state index contributed by atoms with van der Waals surface area (Å²) in [6, 6.07) is 3.90. The Bertz CT molecular complexity index is 479. The van der Waals surface area contributed by atoms with Gasteiger partial charge >= 0.3 is 0 Å². The summed E-state index contributed by atoms with van der Waals surface area (Å²) in [6.45, 7) is 1.51. The molecule has 2 rings (SSSR count). The molecule has 17 heavy (non-hydrogen) atoms. The van der Waals surface area contributed by atoms with Crippen molar-refractivity contribution < 1.29 is 8.42 Å². The summed E-state index contributed by atoms with van der Waals surface area (Å²) >= 11 is 3.34. The Morgan fingerprint density at radius 3 is 2.47 bits per heavy atom. The second-order valence-electron chi connectivity index (χ2n) is 4.35. The molecule has 0 unspecified atom stereocenters. The summed E-state index contributed by atoms with van der Waals surface area (Å²) in [5.74, 6) is 0.917. The van der Waals surface area contributed by atoms with Crippen LogP contribution >= 0.6 is 15.9 Å². The predicted molar refractivity (Wildman–Crippen MR) is 72.0 cm³/mol. The minimum atomic E-state index is -2.89. The highest BCUT2D eigenvalue weighted by molar-refractivity contribution is 9.10. The van der Waals surface area contributed by atoms with Crippen LogP contribution < -0.4 is 4.90 Å². The molecule has 1 aromatic rings. The van der Waals surface area contributed by atoms with Gasteiger partial charge in [0.25, 0.3) is 0 Å². The Labute approximate surface area is 110 Å². The van der Waals surface area contributed by atoms with Crippen molar-refractivity contribution in [1.29, 1.82) is 0 Å². The second-order valence-corrected chi connectivity index (χ2v) is 7.59. The highest BCUT2D eigenvalue weighted by Gasteiger charge is 2.26. The van der Waals surface area contributed by atoms with Gasteiger partial charge in [0, 0.05) is 30.0 Å². The molecule has 6 heteroatoms. The maximum atomic E-state index is 11.4. The second kappa shape index (κ2) is 4.94. The average Bonchev–Trinajstić information content (AvgIpc) is 2.29. The third-order valence-electron chi connectivity index (χ3n) is 3.08. The summed E-state index contributed by atoms with van der Waals surface area (Å²) in [5, 5.41) is -0.186.